The first-order valence-electron chi connectivity index (χ1n) is 7.48. The lowest BCUT2D eigenvalue weighted by Crippen LogP contribution is -2.33. The average Bonchev–Trinajstić information content (AvgIpc) is 3.06. The van der Waals surface area contributed by atoms with Gasteiger partial charge in [-0.05, 0) is 12.0 Å². The molecule has 0 saturated carbocycles. The summed E-state index contributed by atoms with van der Waals surface area (Å²) in [5.74, 6) is -0.154. The van der Waals surface area contributed by atoms with E-state index in [0.29, 0.717) is 11.5 Å². The Morgan fingerprint density at radius 3 is 2.87 bits per heavy atom. The van der Waals surface area contributed by atoms with Crippen molar-refractivity contribution in [3.8, 4) is 0 Å². The van der Waals surface area contributed by atoms with Crippen LogP contribution in [0.4, 0.5) is 0 Å². The maximum atomic E-state index is 12.3. The standard InChI is InChI=1S/C17H17N3O2S/c1-2-12(13-6-4-3-5-7-13)10-18-15(21)14-11-19-17-20(16(14)22)8-9-23-17/h3-9,11-12H,2,10H2,1H3,(H,18,21). The highest BCUT2D eigenvalue weighted by Gasteiger charge is 2.16. The molecule has 1 amide bonds. The number of rotatable bonds is 5. The SMILES string of the molecule is CCC(CNC(=O)c1cnc2sccn2c1=O)c1ccccc1. The van der Waals surface area contributed by atoms with Crippen molar-refractivity contribution in [2.45, 2.75) is 19.3 Å². The molecular formula is C17H17N3O2S. The van der Waals surface area contributed by atoms with E-state index in [4.69, 9.17) is 0 Å². The van der Waals surface area contributed by atoms with Crippen molar-refractivity contribution < 1.29 is 4.79 Å². The van der Waals surface area contributed by atoms with E-state index in [1.807, 2.05) is 30.3 Å². The van der Waals surface area contributed by atoms with Crippen LogP contribution in [0.5, 0.6) is 0 Å². The smallest absolute Gasteiger partial charge is 0.271 e. The summed E-state index contributed by atoms with van der Waals surface area (Å²) in [6, 6.07) is 10.0. The van der Waals surface area contributed by atoms with Gasteiger partial charge in [0, 0.05) is 30.2 Å². The molecule has 1 atom stereocenters. The van der Waals surface area contributed by atoms with Crippen LogP contribution >= 0.6 is 11.3 Å². The number of hydrogen-bond donors (Lipinski definition) is 1. The van der Waals surface area contributed by atoms with Gasteiger partial charge >= 0.3 is 0 Å². The molecule has 0 fully saturated rings. The van der Waals surface area contributed by atoms with Crippen molar-refractivity contribution in [1.82, 2.24) is 14.7 Å². The lowest BCUT2D eigenvalue weighted by atomic mass is 9.96. The number of carbonyl (C=O) groups is 1. The predicted molar refractivity (Wildman–Crippen MR) is 91.1 cm³/mol. The van der Waals surface area contributed by atoms with Crippen LogP contribution in [0, 0.1) is 0 Å². The zero-order valence-electron chi connectivity index (χ0n) is 12.7. The fourth-order valence-corrected chi connectivity index (χ4v) is 3.19. The van der Waals surface area contributed by atoms with E-state index in [9.17, 15) is 9.59 Å². The van der Waals surface area contributed by atoms with E-state index in [1.165, 1.54) is 27.5 Å². The molecule has 0 saturated heterocycles. The van der Waals surface area contributed by atoms with Crippen LogP contribution < -0.4 is 10.9 Å². The molecule has 0 aliphatic heterocycles. The van der Waals surface area contributed by atoms with Crippen LogP contribution in [0.15, 0.2) is 52.9 Å². The van der Waals surface area contributed by atoms with Gasteiger partial charge in [0.15, 0.2) is 4.96 Å². The number of hydrogen-bond acceptors (Lipinski definition) is 4. The van der Waals surface area contributed by atoms with Gasteiger partial charge < -0.3 is 5.32 Å². The Bertz CT molecular complexity index is 870. The van der Waals surface area contributed by atoms with E-state index in [-0.39, 0.29) is 22.9 Å². The largest absolute Gasteiger partial charge is 0.351 e. The van der Waals surface area contributed by atoms with Crippen molar-refractivity contribution in [2.75, 3.05) is 6.54 Å². The van der Waals surface area contributed by atoms with Gasteiger partial charge in [0.25, 0.3) is 11.5 Å². The molecule has 0 aliphatic rings. The summed E-state index contributed by atoms with van der Waals surface area (Å²) < 4.78 is 1.40. The molecule has 1 N–H and O–H groups in total. The van der Waals surface area contributed by atoms with Gasteiger partial charge in [-0.1, -0.05) is 37.3 Å². The minimum atomic E-state index is -0.377. The summed E-state index contributed by atoms with van der Waals surface area (Å²) in [5.41, 5.74) is 0.920. The summed E-state index contributed by atoms with van der Waals surface area (Å²) >= 11 is 1.36. The number of aromatic nitrogens is 2. The van der Waals surface area contributed by atoms with Crippen LogP contribution in [-0.4, -0.2) is 21.8 Å². The highest BCUT2D eigenvalue weighted by molar-refractivity contribution is 7.15. The Kier molecular flexibility index (Phi) is 4.52. The summed E-state index contributed by atoms with van der Waals surface area (Å²) in [6.07, 6.45) is 3.89. The van der Waals surface area contributed by atoms with Gasteiger partial charge in [-0.25, -0.2) is 4.98 Å². The fourth-order valence-electron chi connectivity index (χ4n) is 2.51. The Morgan fingerprint density at radius 1 is 1.35 bits per heavy atom. The highest BCUT2D eigenvalue weighted by Crippen LogP contribution is 2.18. The first kappa shape index (κ1) is 15.4. The van der Waals surface area contributed by atoms with E-state index in [1.54, 1.807) is 11.6 Å². The second-order valence-corrected chi connectivity index (χ2v) is 6.13. The lowest BCUT2D eigenvalue weighted by molar-refractivity contribution is 0.0949. The highest BCUT2D eigenvalue weighted by atomic mass is 32.1. The van der Waals surface area contributed by atoms with Gasteiger partial charge in [-0.15, -0.1) is 11.3 Å². The maximum Gasteiger partial charge on any atom is 0.271 e. The van der Waals surface area contributed by atoms with Crippen LogP contribution in [0.1, 0.15) is 35.2 Å². The average molecular weight is 327 g/mol. The summed E-state index contributed by atoms with van der Waals surface area (Å²) in [5, 5.41) is 4.63. The summed E-state index contributed by atoms with van der Waals surface area (Å²) in [7, 11) is 0. The van der Waals surface area contributed by atoms with Crippen LogP contribution in [-0.2, 0) is 0 Å². The second-order valence-electron chi connectivity index (χ2n) is 5.26. The topological polar surface area (TPSA) is 63.5 Å². The zero-order valence-corrected chi connectivity index (χ0v) is 13.5. The van der Waals surface area contributed by atoms with Crippen molar-refractivity contribution >= 4 is 22.2 Å². The molecule has 0 bridgehead atoms. The molecule has 118 valence electrons. The molecule has 0 aliphatic carbocycles. The number of amides is 1. The Morgan fingerprint density at radius 2 is 2.13 bits per heavy atom. The van der Waals surface area contributed by atoms with Gasteiger partial charge in [0.05, 0.1) is 0 Å². The summed E-state index contributed by atoms with van der Waals surface area (Å²) in [4.78, 5) is 29.3. The molecule has 1 unspecified atom stereocenters. The number of fused-ring (bicyclic) bond motifs is 1. The number of benzene rings is 1. The van der Waals surface area contributed by atoms with Gasteiger partial charge in [-0.2, -0.15) is 0 Å². The van der Waals surface area contributed by atoms with Gasteiger partial charge in [0.2, 0.25) is 0 Å². The zero-order chi connectivity index (χ0) is 16.2. The number of thiazole rings is 1. The fraction of sp³-hybridized carbons (Fsp3) is 0.235. The van der Waals surface area contributed by atoms with Gasteiger partial charge in [-0.3, -0.25) is 14.0 Å². The van der Waals surface area contributed by atoms with E-state index in [0.717, 1.165) is 6.42 Å². The lowest BCUT2D eigenvalue weighted by Gasteiger charge is -2.16. The van der Waals surface area contributed by atoms with Gasteiger partial charge in [0.1, 0.15) is 5.56 Å². The third-order valence-corrected chi connectivity index (χ3v) is 4.63. The molecule has 2 heterocycles. The molecule has 3 rings (SSSR count). The van der Waals surface area contributed by atoms with Crippen LogP contribution in [0.2, 0.25) is 0 Å². The predicted octanol–water partition coefficient (Wildman–Crippen LogP) is 2.68. The molecule has 6 heteroatoms. The first-order valence-corrected chi connectivity index (χ1v) is 8.36. The minimum absolute atomic E-state index is 0.0730. The minimum Gasteiger partial charge on any atom is -0.351 e. The molecule has 23 heavy (non-hydrogen) atoms. The quantitative estimate of drug-likeness (QED) is 0.783. The van der Waals surface area contributed by atoms with E-state index < -0.39 is 0 Å². The Hall–Kier alpha value is -2.47. The van der Waals surface area contributed by atoms with Crippen molar-refractivity contribution in [3.63, 3.8) is 0 Å². The van der Waals surface area contributed by atoms with Crippen molar-refractivity contribution in [3.05, 3.63) is 69.6 Å². The third kappa shape index (κ3) is 3.17. The number of nitrogens with one attached hydrogen (secondary N) is 1. The molecular weight excluding hydrogens is 310 g/mol. The molecule has 0 spiro atoms. The molecule has 0 radical (unpaired) electrons. The monoisotopic (exact) mass is 327 g/mol. The summed E-state index contributed by atoms with van der Waals surface area (Å²) in [6.45, 7) is 2.57. The molecule has 1 aromatic carbocycles. The van der Waals surface area contributed by atoms with Crippen LogP contribution in [0.3, 0.4) is 0 Å². The second kappa shape index (κ2) is 6.75. The van der Waals surface area contributed by atoms with Crippen LogP contribution in [0.25, 0.3) is 4.96 Å². The number of nitrogens with zero attached hydrogens (tertiary/aromatic N) is 2. The normalized spacial score (nSPS) is 12.2. The third-order valence-electron chi connectivity index (χ3n) is 3.86. The van der Waals surface area contributed by atoms with Crippen molar-refractivity contribution in [2.24, 2.45) is 0 Å². The van der Waals surface area contributed by atoms with E-state index >= 15 is 0 Å². The van der Waals surface area contributed by atoms with E-state index in [2.05, 4.69) is 17.2 Å². The maximum absolute atomic E-state index is 12.3. The Balaban J connectivity index is 1.75. The molecule has 3 aromatic rings. The first-order chi connectivity index (χ1) is 11.2. The molecule has 2 aromatic heterocycles. The van der Waals surface area contributed by atoms with Crippen molar-refractivity contribution in [1.29, 1.82) is 0 Å². The molecule has 5 nitrogen and oxygen atoms in total. The Labute approximate surface area is 137 Å². The number of carbonyl (C=O) groups excluding carboxylic acids is 1.